The average Bonchev–Trinajstić information content (AvgIpc) is 3.28. The monoisotopic (exact) mass is 504 g/mol. The van der Waals surface area contributed by atoms with Crippen molar-refractivity contribution in [3.05, 3.63) is 12.7 Å². The lowest BCUT2D eigenvalue weighted by Gasteiger charge is -2.13. The summed E-state index contributed by atoms with van der Waals surface area (Å²) in [6, 6.07) is -0.933. The van der Waals surface area contributed by atoms with Gasteiger partial charge in [-0.05, 0) is 13.3 Å². The van der Waals surface area contributed by atoms with Crippen LogP contribution in [0.25, 0.3) is 11.2 Å². The van der Waals surface area contributed by atoms with Gasteiger partial charge in [-0.2, -0.15) is 0 Å². The zero-order chi connectivity index (χ0) is 27.5. The van der Waals surface area contributed by atoms with Crippen LogP contribution in [0.15, 0.2) is 17.6 Å². The number of nitrogens with one attached hydrogen (secondary N) is 1. The second-order valence-electron chi connectivity index (χ2n) is 7.42. The van der Waals surface area contributed by atoms with Gasteiger partial charge in [-0.1, -0.05) is 45.5 Å². The van der Waals surface area contributed by atoms with Gasteiger partial charge in [0.15, 0.2) is 17.0 Å². The van der Waals surface area contributed by atoms with Gasteiger partial charge in [-0.15, -0.1) is 0 Å². The predicted molar refractivity (Wildman–Crippen MR) is 142 cm³/mol. The fourth-order valence-corrected chi connectivity index (χ4v) is 2.59. The lowest BCUT2D eigenvalue weighted by atomic mass is 10.1. The molecule has 1 unspecified atom stereocenters. The number of ether oxygens (including phenoxy) is 1. The number of carbonyl (C=O) groups is 2. The second kappa shape index (κ2) is 18.4. The molecule has 2 rings (SSSR count). The normalized spacial score (nSPS) is 11.0. The smallest absolute Gasteiger partial charge is 0.407 e. The Bertz CT molecular complexity index is 1020. The van der Waals surface area contributed by atoms with E-state index in [4.69, 9.17) is 15.6 Å². The highest BCUT2D eigenvalue weighted by atomic mass is 16.5. The molecule has 1 atom stereocenters. The van der Waals surface area contributed by atoms with E-state index in [2.05, 4.69) is 37.1 Å². The number of aliphatic imine (C=N–C) groups is 1. The molecule has 0 aliphatic rings. The SMILES string of the molecule is CC.CCCCC(NC(=O)OCCC#CCn1cnc2c(N(C)C)ncnc21)C(=O)O.CN=C(C)N. The molecular weight excluding hydrogens is 464 g/mol. The van der Waals surface area contributed by atoms with Gasteiger partial charge in [0.25, 0.3) is 0 Å². The summed E-state index contributed by atoms with van der Waals surface area (Å²) in [6.45, 7) is 8.18. The van der Waals surface area contributed by atoms with Gasteiger partial charge >= 0.3 is 12.1 Å². The molecule has 0 aromatic carbocycles. The van der Waals surface area contributed by atoms with E-state index in [1.165, 1.54) is 6.33 Å². The van der Waals surface area contributed by atoms with Crippen LogP contribution in [0.5, 0.6) is 0 Å². The van der Waals surface area contributed by atoms with Crippen molar-refractivity contribution in [1.29, 1.82) is 0 Å². The van der Waals surface area contributed by atoms with E-state index < -0.39 is 18.1 Å². The fraction of sp³-hybridized carbons (Fsp3) is 0.583. The number of alkyl carbamates (subject to hydrolysis) is 1. The molecule has 12 heteroatoms. The summed E-state index contributed by atoms with van der Waals surface area (Å²) < 4.78 is 6.81. The Labute approximate surface area is 213 Å². The van der Waals surface area contributed by atoms with Gasteiger partial charge in [0.05, 0.1) is 18.7 Å². The Hall–Kier alpha value is -3.88. The van der Waals surface area contributed by atoms with Gasteiger partial charge in [-0.3, -0.25) is 4.99 Å². The van der Waals surface area contributed by atoms with Gasteiger partial charge in [0.1, 0.15) is 19.0 Å². The van der Waals surface area contributed by atoms with E-state index in [0.717, 1.165) is 12.2 Å². The van der Waals surface area contributed by atoms with Crippen LogP contribution in [0.3, 0.4) is 0 Å². The van der Waals surface area contributed by atoms with Crippen LogP contribution in [0, 0.1) is 11.8 Å². The van der Waals surface area contributed by atoms with Crippen LogP contribution in [0.4, 0.5) is 10.6 Å². The summed E-state index contributed by atoms with van der Waals surface area (Å²) in [5.41, 5.74) is 6.44. The van der Waals surface area contributed by atoms with Crippen molar-refractivity contribution < 1.29 is 19.4 Å². The van der Waals surface area contributed by atoms with E-state index in [1.54, 1.807) is 20.3 Å². The summed E-state index contributed by atoms with van der Waals surface area (Å²) >= 11 is 0. The summed E-state index contributed by atoms with van der Waals surface area (Å²) in [7, 11) is 5.44. The van der Waals surface area contributed by atoms with Gasteiger partial charge in [-0.25, -0.2) is 24.5 Å². The number of nitrogens with two attached hydrogens (primary N) is 1. The van der Waals surface area contributed by atoms with Crippen molar-refractivity contribution in [2.75, 3.05) is 32.6 Å². The number of carboxylic acid groups (broad SMARTS) is 1. The molecule has 36 heavy (non-hydrogen) atoms. The maximum atomic E-state index is 11.7. The van der Waals surface area contributed by atoms with Gasteiger partial charge in [0.2, 0.25) is 0 Å². The van der Waals surface area contributed by atoms with Crippen molar-refractivity contribution in [3.63, 3.8) is 0 Å². The van der Waals surface area contributed by atoms with Gasteiger partial charge in [0, 0.05) is 27.6 Å². The standard InChI is InChI=1S/C19H26N6O4.C3H8N2.C2H6/c1-4-5-9-14(18(26)27)23-19(28)29-11-8-6-7-10-25-13-22-15-16(24(2)3)20-12-21-17(15)25;1-3(4)5-2;1-2/h12-14H,4-5,8-11H2,1-3H3,(H,23,28)(H,26,27);1-2H3,(H2,4,5);1-2H3. The van der Waals surface area contributed by atoms with Crippen LogP contribution >= 0.6 is 0 Å². The third kappa shape index (κ3) is 12.0. The van der Waals surface area contributed by atoms with Crippen LogP contribution in [0.2, 0.25) is 0 Å². The van der Waals surface area contributed by atoms with E-state index in [1.807, 2.05) is 44.3 Å². The number of imidazole rings is 1. The molecule has 4 N–H and O–H groups in total. The topological polar surface area (TPSA) is 161 Å². The highest BCUT2D eigenvalue weighted by molar-refractivity contribution is 5.83. The molecule has 0 spiro atoms. The van der Waals surface area contributed by atoms with Gasteiger partial charge < -0.3 is 30.4 Å². The number of carboxylic acids is 1. The quantitative estimate of drug-likeness (QED) is 0.202. The zero-order valence-electron chi connectivity index (χ0n) is 22.4. The van der Waals surface area contributed by atoms with Crippen molar-refractivity contribution >= 4 is 34.9 Å². The third-order valence-electron chi connectivity index (χ3n) is 4.43. The molecule has 0 radical (unpaired) electrons. The average molecular weight is 505 g/mol. The first-order chi connectivity index (χ1) is 17.2. The number of nitrogens with zero attached hydrogens (tertiary/aromatic N) is 6. The number of aromatic nitrogens is 4. The maximum absolute atomic E-state index is 11.7. The second-order valence-corrected chi connectivity index (χ2v) is 7.42. The first-order valence-electron chi connectivity index (χ1n) is 11.8. The lowest BCUT2D eigenvalue weighted by Crippen LogP contribution is -2.41. The highest BCUT2D eigenvalue weighted by Gasteiger charge is 2.19. The van der Waals surface area contributed by atoms with Crippen molar-refractivity contribution in [2.24, 2.45) is 10.7 Å². The lowest BCUT2D eigenvalue weighted by molar-refractivity contribution is -0.139. The fourth-order valence-electron chi connectivity index (χ4n) is 2.59. The molecule has 0 fully saturated rings. The van der Waals surface area contributed by atoms with E-state index in [9.17, 15) is 9.59 Å². The number of aliphatic carboxylic acids is 1. The number of amides is 1. The number of anilines is 1. The molecule has 2 heterocycles. The first-order valence-corrected chi connectivity index (χ1v) is 11.8. The van der Waals surface area contributed by atoms with E-state index in [0.29, 0.717) is 42.8 Å². The largest absolute Gasteiger partial charge is 0.480 e. The first kappa shape index (κ1) is 32.1. The minimum Gasteiger partial charge on any atom is -0.480 e. The van der Waals surface area contributed by atoms with Crippen LogP contribution in [-0.4, -0.2) is 76.3 Å². The number of hydrogen-bond acceptors (Lipinski definition) is 8. The molecule has 0 saturated heterocycles. The Balaban J connectivity index is 0.00000156. The highest BCUT2D eigenvalue weighted by Crippen LogP contribution is 2.18. The molecular formula is C24H40N8O4. The number of unbranched alkanes of at least 4 members (excludes halogenated alkanes) is 1. The molecule has 0 aliphatic carbocycles. The Morgan fingerprint density at radius 3 is 2.50 bits per heavy atom. The minimum absolute atomic E-state index is 0.0799. The van der Waals surface area contributed by atoms with Crippen LogP contribution < -0.4 is 16.0 Å². The molecule has 2 aromatic rings. The number of carbonyl (C=O) groups excluding carboxylic acids is 1. The summed E-state index contributed by atoms with van der Waals surface area (Å²) in [5, 5.41) is 11.5. The summed E-state index contributed by atoms with van der Waals surface area (Å²) in [5.74, 6) is 6.20. The molecule has 1 amide bonds. The Morgan fingerprint density at radius 2 is 1.94 bits per heavy atom. The third-order valence-corrected chi connectivity index (χ3v) is 4.43. The number of hydrogen-bond donors (Lipinski definition) is 3. The van der Waals surface area contributed by atoms with Crippen molar-refractivity contribution in [1.82, 2.24) is 24.8 Å². The predicted octanol–water partition coefficient (Wildman–Crippen LogP) is 2.67. The van der Waals surface area contributed by atoms with Crippen LogP contribution in [-0.2, 0) is 16.1 Å². The number of amidine groups is 1. The maximum Gasteiger partial charge on any atom is 0.407 e. The Morgan fingerprint density at radius 1 is 1.28 bits per heavy atom. The summed E-state index contributed by atoms with van der Waals surface area (Å²) in [6.07, 6.45) is 4.68. The number of fused-ring (bicyclic) bond motifs is 1. The molecule has 0 saturated carbocycles. The molecule has 2 aromatic heterocycles. The van der Waals surface area contributed by atoms with Crippen molar-refractivity contribution in [3.8, 4) is 11.8 Å². The minimum atomic E-state index is -1.07. The Kier molecular flexibility index (Phi) is 16.5. The molecule has 12 nitrogen and oxygen atoms in total. The molecule has 0 bridgehead atoms. The van der Waals surface area contributed by atoms with E-state index >= 15 is 0 Å². The van der Waals surface area contributed by atoms with Crippen LogP contribution in [0.1, 0.15) is 53.4 Å². The van der Waals surface area contributed by atoms with Crippen molar-refractivity contribution in [2.45, 2.75) is 66.0 Å². The molecule has 200 valence electrons. The molecule has 0 aliphatic heterocycles. The summed E-state index contributed by atoms with van der Waals surface area (Å²) in [4.78, 5) is 41.1. The number of rotatable bonds is 9. The zero-order valence-corrected chi connectivity index (χ0v) is 22.4. The van der Waals surface area contributed by atoms with E-state index in [-0.39, 0.29) is 6.61 Å².